The number of carboxylic acid groups (broad SMARTS) is 1. The molecule has 3 heteroatoms. The van der Waals surface area contributed by atoms with Crippen LogP contribution in [0.5, 0.6) is 0 Å². The smallest absolute Gasteiger partial charge is 0.307 e. The third kappa shape index (κ3) is 3.53. The van der Waals surface area contributed by atoms with Gasteiger partial charge < -0.3 is 5.11 Å². The Bertz CT molecular complexity index is 374. The molecule has 1 rings (SSSR count). The van der Waals surface area contributed by atoms with Crippen LogP contribution in [-0.4, -0.2) is 11.1 Å². The lowest BCUT2D eigenvalue weighted by Crippen LogP contribution is -2.02. The van der Waals surface area contributed by atoms with Crippen molar-refractivity contribution in [2.24, 2.45) is 0 Å². The second-order valence-corrected chi connectivity index (χ2v) is 4.52. The fourth-order valence-corrected chi connectivity index (χ4v) is 2.15. The molecular formula is C13H17ClO2. The van der Waals surface area contributed by atoms with E-state index in [4.69, 9.17) is 16.7 Å². The monoisotopic (exact) mass is 240 g/mol. The van der Waals surface area contributed by atoms with E-state index in [1.165, 1.54) is 0 Å². The third-order valence-electron chi connectivity index (χ3n) is 2.67. The van der Waals surface area contributed by atoms with Crippen LogP contribution in [0.2, 0.25) is 5.02 Å². The number of rotatable bonds is 5. The summed E-state index contributed by atoms with van der Waals surface area (Å²) in [6.07, 6.45) is 2.22. The first-order valence-corrected chi connectivity index (χ1v) is 5.92. The Kier molecular flexibility index (Phi) is 4.81. The number of hydrogen-bond acceptors (Lipinski definition) is 1. The van der Waals surface area contributed by atoms with Gasteiger partial charge in [0.1, 0.15) is 0 Å². The molecule has 88 valence electrons. The zero-order valence-corrected chi connectivity index (χ0v) is 10.4. The van der Waals surface area contributed by atoms with Crippen LogP contribution in [0.15, 0.2) is 18.2 Å². The van der Waals surface area contributed by atoms with Crippen LogP contribution in [0.25, 0.3) is 0 Å². The lowest BCUT2D eigenvalue weighted by molar-refractivity contribution is -0.136. The summed E-state index contributed by atoms with van der Waals surface area (Å²) in [4.78, 5) is 10.6. The van der Waals surface area contributed by atoms with Crippen LogP contribution in [0, 0.1) is 0 Å². The Morgan fingerprint density at radius 2 is 2.19 bits per heavy atom. The predicted molar refractivity (Wildman–Crippen MR) is 66.1 cm³/mol. The number of halogens is 1. The summed E-state index contributed by atoms with van der Waals surface area (Å²) in [5, 5.41) is 9.47. The van der Waals surface area contributed by atoms with Gasteiger partial charge in [-0.3, -0.25) is 4.79 Å². The molecule has 1 unspecified atom stereocenters. The highest BCUT2D eigenvalue weighted by molar-refractivity contribution is 6.31. The molecule has 2 nitrogen and oxygen atoms in total. The minimum atomic E-state index is -0.809. The van der Waals surface area contributed by atoms with Crippen molar-refractivity contribution in [3.63, 3.8) is 0 Å². The number of hydrogen-bond donors (Lipinski definition) is 1. The molecule has 1 aromatic carbocycles. The van der Waals surface area contributed by atoms with Crippen LogP contribution in [0.1, 0.15) is 43.7 Å². The quantitative estimate of drug-likeness (QED) is 0.848. The van der Waals surface area contributed by atoms with Crippen molar-refractivity contribution in [1.29, 1.82) is 0 Å². The fourth-order valence-electron chi connectivity index (χ4n) is 1.84. The molecule has 0 aliphatic rings. The molecule has 0 radical (unpaired) electrons. The largest absolute Gasteiger partial charge is 0.481 e. The van der Waals surface area contributed by atoms with E-state index in [2.05, 4.69) is 13.8 Å². The topological polar surface area (TPSA) is 37.3 Å². The molecule has 0 aliphatic carbocycles. The first kappa shape index (κ1) is 13.0. The van der Waals surface area contributed by atoms with E-state index < -0.39 is 5.97 Å². The highest BCUT2D eigenvalue weighted by Gasteiger charge is 2.10. The van der Waals surface area contributed by atoms with Gasteiger partial charge in [-0.2, -0.15) is 0 Å². The van der Waals surface area contributed by atoms with Gasteiger partial charge in [-0.15, -0.1) is 0 Å². The molecule has 1 N–H and O–H groups in total. The van der Waals surface area contributed by atoms with Gasteiger partial charge in [0.2, 0.25) is 0 Å². The summed E-state index contributed by atoms with van der Waals surface area (Å²) in [6, 6.07) is 5.48. The minimum Gasteiger partial charge on any atom is -0.481 e. The Balaban J connectivity index is 2.93. The van der Waals surface area contributed by atoms with Gasteiger partial charge >= 0.3 is 5.97 Å². The van der Waals surface area contributed by atoms with Gasteiger partial charge in [0.25, 0.3) is 0 Å². The summed E-state index contributed by atoms with van der Waals surface area (Å²) in [5.74, 6) is -0.428. The van der Waals surface area contributed by atoms with Gasteiger partial charge in [-0.05, 0) is 29.5 Å². The van der Waals surface area contributed by atoms with Crippen molar-refractivity contribution < 1.29 is 9.90 Å². The predicted octanol–water partition coefficient (Wildman–Crippen LogP) is 3.87. The maximum absolute atomic E-state index is 10.6. The van der Waals surface area contributed by atoms with Gasteiger partial charge in [-0.1, -0.05) is 44.0 Å². The Morgan fingerprint density at radius 1 is 1.50 bits per heavy atom. The number of aliphatic carboxylic acids is 1. The van der Waals surface area contributed by atoms with Crippen molar-refractivity contribution in [3.8, 4) is 0 Å². The summed E-state index contributed by atoms with van der Waals surface area (Å²) >= 11 is 6.12. The number of benzene rings is 1. The molecule has 0 spiro atoms. The lowest BCUT2D eigenvalue weighted by Gasteiger charge is -2.13. The third-order valence-corrected chi connectivity index (χ3v) is 3.01. The van der Waals surface area contributed by atoms with Crippen molar-refractivity contribution in [2.75, 3.05) is 0 Å². The molecule has 0 fully saturated rings. The van der Waals surface area contributed by atoms with E-state index in [9.17, 15) is 4.79 Å². The van der Waals surface area contributed by atoms with Gasteiger partial charge in [0.15, 0.2) is 0 Å². The summed E-state index contributed by atoms with van der Waals surface area (Å²) in [7, 11) is 0. The minimum absolute atomic E-state index is 0.0585. The normalized spacial score (nSPS) is 12.4. The molecule has 0 bridgehead atoms. The number of carboxylic acids is 1. The molecule has 1 aromatic rings. The van der Waals surface area contributed by atoms with Crippen molar-refractivity contribution in [1.82, 2.24) is 0 Å². The highest BCUT2D eigenvalue weighted by atomic mass is 35.5. The standard InChI is InChI=1S/C13H17ClO2/c1-3-4-9(2)11-7-10(8-13(15)16)5-6-12(11)14/h5-7,9H,3-4,8H2,1-2H3,(H,15,16). The van der Waals surface area contributed by atoms with Crippen LogP contribution in [-0.2, 0) is 11.2 Å². The first-order valence-electron chi connectivity index (χ1n) is 5.54. The Morgan fingerprint density at radius 3 is 2.75 bits per heavy atom. The highest BCUT2D eigenvalue weighted by Crippen LogP contribution is 2.28. The van der Waals surface area contributed by atoms with Crippen LogP contribution < -0.4 is 0 Å². The molecule has 0 aromatic heterocycles. The maximum Gasteiger partial charge on any atom is 0.307 e. The van der Waals surface area contributed by atoms with E-state index in [-0.39, 0.29) is 6.42 Å². The average molecular weight is 241 g/mol. The zero-order valence-electron chi connectivity index (χ0n) is 9.66. The zero-order chi connectivity index (χ0) is 12.1. The van der Waals surface area contributed by atoms with Gasteiger partial charge in [0, 0.05) is 5.02 Å². The summed E-state index contributed by atoms with van der Waals surface area (Å²) < 4.78 is 0. The molecule has 0 heterocycles. The van der Waals surface area contributed by atoms with E-state index in [0.717, 1.165) is 29.0 Å². The molecule has 1 atom stereocenters. The van der Waals surface area contributed by atoms with Crippen LogP contribution in [0.4, 0.5) is 0 Å². The SMILES string of the molecule is CCCC(C)c1cc(CC(=O)O)ccc1Cl. The second kappa shape index (κ2) is 5.90. The molecule has 0 aliphatic heterocycles. The molecule has 0 saturated heterocycles. The Hall–Kier alpha value is -1.02. The Labute approximate surface area is 101 Å². The fraction of sp³-hybridized carbons (Fsp3) is 0.462. The number of carbonyl (C=O) groups is 1. The van der Waals surface area contributed by atoms with E-state index in [1.54, 1.807) is 12.1 Å². The van der Waals surface area contributed by atoms with Crippen LogP contribution in [0.3, 0.4) is 0 Å². The molecule has 0 saturated carbocycles. The van der Waals surface area contributed by atoms with Crippen LogP contribution >= 0.6 is 11.6 Å². The van der Waals surface area contributed by atoms with E-state index in [1.807, 2.05) is 6.07 Å². The van der Waals surface area contributed by atoms with Gasteiger partial charge in [0.05, 0.1) is 6.42 Å². The average Bonchev–Trinajstić information content (AvgIpc) is 2.20. The van der Waals surface area contributed by atoms with Crippen molar-refractivity contribution >= 4 is 17.6 Å². The maximum atomic E-state index is 10.6. The van der Waals surface area contributed by atoms with Gasteiger partial charge in [-0.25, -0.2) is 0 Å². The molecular weight excluding hydrogens is 224 g/mol. The summed E-state index contributed by atoms with van der Waals surface area (Å²) in [5.41, 5.74) is 1.87. The van der Waals surface area contributed by atoms with Crippen molar-refractivity contribution in [3.05, 3.63) is 34.3 Å². The lowest BCUT2D eigenvalue weighted by atomic mass is 9.94. The van der Waals surface area contributed by atoms with E-state index >= 15 is 0 Å². The van der Waals surface area contributed by atoms with E-state index in [0.29, 0.717) is 5.92 Å². The second-order valence-electron chi connectivity index (χ2n) is 4.12. The first-order chi connectivity index (χ1) is 7.54. The van der Waals surface area contributed by atoms with Crippen molar-refractivity contribution in [2.45, 2.75) is 39.0 Å². The summed E-state index contributed by atoms with van der Waals surface area (Å²) in [6.45, 7) is 4.25. The molecule has 16 heavy (non-hydrogen) atoms. The molecule has 0 amide bonds.